The van der Waals surface area contributed by atoms with Gasteiger partial charge in [0.05, 0.1) is 11.3 Å². The minimum Gasteiger partial charge on any atom is -0.349 e. The quantitative estimate of drug-likeness (QED) is 0.815. The Kier molecular flexibility index (Phi) is 3.71. The molecule has 2 heterocycles. The molecule has 1 fully saturated rings. The van der Waals surface area contributed by atoms with Crippen molar-refractivity contribution in [2.75, 3.05) is 13.1 Å². The molecule has 2 unspecified atom stereocenters. The van der Waals surface area contributed by atoms with Gasteiger partial charge in [-0.15, -0.1) is 0 Å². The summed E-state index contributed by atoms with van der Waals surface area (Å²) in [6.07, 6.45) is 0.991. The lowest BCUT2D eigenvalue weighted by molar-refractivity contribution is 0.0913. The Labute approximate surface area is 108 Å². The van der Waals surface area contributed by atoms with Gasteiger partial charge >= 0.3 is 0 Å². The van der Waals surface area contributed by atoms with Gasteiger partial charge in [-0.05, 0) is 39.3 Å². The summed E-state index contributed by atoms with van der Waals surface area (Å²) in [4.78, 5) is 12.3. The zero-order valence-electron chi connectivity index (χ0n) is 11.6. The first-order valence-corrected chi connectivity index (χ1v) is 6.52. The topological polar surface area (TPSA) is 59.0 Å². The molecule has 5 heteroatoms. The third kappa shape index (κ3) is 2.41. The molecule has 0 saturated carbocycles. The van der Waals surface area contributed by atoms with Crippen molar-refractivity contribution in [2.45, 2.75) is 33.2 Å². The molecule has 2 N–H and O–H groups in total. The van der Waals surface area contributed by atoms with Crippen LogP contribution >= 0.6 is 0 Å². The fraction of sp³-hybridized carbons (Fsp3) is 0.692. The summed E-state index contributed by atoms with van der Waals surface area (Å²) in [5.41, 5.74) is 2.45. The normalized spacial score (nSPS) is 24.0. The fourth-order valence-electron chi connectivity index (χ4n) is 2.57. The lowest BCUT2D eigenvalue weighted by Gasteiger charge is -2.30. The van der Waals surface area contributed by atoms with E-state index in [4.69, 9.17) is 0 Å². The second-order valence-electron chi connectivity index (χ2n) is 5.22. The number of piperidine rings is 1. The van der Waals surface area contributed by atoms with Crippen LogP contribution in [0.5, 0.6) is 0 Å². The molecule has 1 aromatic rings. The third-order valence-electron chi connectivity index (χ3n) is 3.84. The van der Waals surface area contributed by atoms with Crippen molar-refractivity contribution in [3.05, 3.63) is 17.0 Å². The molecule has 2 atom stereocenters. The molecule has 5 nitrogen and oxygen atoms in total. The van der Waals surface area contributed by atoms with Gasteiger partial charge in [0.2, 0.25) is 0 Å². The lowest BCUT2D eigenvalue weighted by Crippen LogP contribution is -2.48. The molecule has 1 aromatic heterocycles. The first kappa shape index (κ1) is 13.1. The van der Waals surface area contributed by atoms with Gasteiger partial charge in [-0.1, -0.05) is 6.92 Å². The van der Waals surface area contributed by atoms with Gasteiger partial charge in [-0.3, -0.25) is 9.48 Å². The van der Waals surface area contributed by atoms with Crippen LogP contribution < -0.4 is 10.6 Å². The maximum absolute atomic E-state index is 12.3. The van der Waals surface area contributed by atoms with E-state index in [1.165, 1.54) is 0 Å². The van der Waals surface area contributed by atoms with Gasteiger partial charge in [0.1, 0.15) is 0 Å². The molecule has 0 radical (unpaired) electrons. The standard InChI is InChI=1S/C13H22N4O/c1-8-7-14-6-5-11(8)15-13(18)12-9(2)16-17(4)10(12)3/h8,11,14H,5-7H2,1-4H3,(H,15,18). The van der Waals surface area contributed by atoms with Crippen molar-refractivity contribution >= 4 is 5.91 Å². The van der Waals surface area contributed by atoms with E-state index < -0.39 is 0 Å². The highest BCUT2D eigenvalue weighted by atomic mass is 16.1. The van der Waals surface area contributed by atoms with E-state index in [-0.39, 0.29) is 11.9 Å². The molecule has 0 aliphatic carbocycles. The van der Waals surface area contributed by atoms with Crippen molar-refractivity contribution < 1.29 is 4.79 Å². The Morgan fingerprint density at radius 2 is 2.22 bits per heavy atom. The minimum absolute atomic E-state index is 0.0110. The summed E-state index contributed by atoms with van der Waals surface area (Å²) in [6, 6.07) is 0.262. The van der Waals surface area contributed by atoms with Crippen molar-refractivity contribution in [1.82, 2.24) is 20.4 Å². The number of amides is 1. The van der Waals surface area contributed by atoms with E-state index in [2.05, 4.69) is 22.7 Å². The predicted octanol–water partition coefficient (Wildman–Crippen LogP) is 0.765. The van der Waals surface area contributed by atoms with E-state index in [0.29, 0.717) is 5.92 Å². The van der Waals surface area contributed by atoms with Gasteiger partial charge in [0.25, 0.3) is 5.91 Å². The predicted molar refractivity (Wildman–Crippen MR) is 70.6 cm³/mol. The molecule has 2 rings (SSSR count). The first-order valence-electron chi connectivity index (χ1n) is 6.52. The summed E-state index contributed by atoms with van der Waals surface area (Å²) >= 11 is 0. The van der Waals surface area contributed by atoms with Crippen LogP contribution in [-0.4, -0.2) is 34.8 Å². The number of aromatic nitrogens is 2. The van der Waals surface area contributed by atoms with E-state index in [9.17, 15) is 4.79 Å². The Morgan fingerprint density at radius 3 is 2.78 bits per heavy atom. The summed E-state index contributed by atoms with van der Waals surface area (Å²) in [7, 11) is 1.87. The summed E-state index contributed by atoms with van der Waals surface area (Å²) in [5.74, 6) is 0.483. The van der Waals surface area contributed by atoms with Crippen LogP contribution in [0, 0.1) is 19.8 Å². The van der Waals surface area contributed by atoms with Crippen molar-refractivity contribution in [2.24, 2.45) is 13.0 Å². The smallest absolute Gasteiger partial charge is 0.255 e. The van der Waals surface area contributed by atoms with Crippen molar-refractivity contribution in [3.8, 4) is 0 Å². The number of aryl methyl sites for hydroxylation is 2. The van der Waals surface area contributed by atoms with E-state index in [1.54, 1.807) is 4.68 Å². The molecule has 100 valence electrons. The highest BCUT2D eigenvalue weighted by molar-refractivity contribution is 5.96. The van der Waals surface area contributed by atoms with Crippen LogP contribution in [0.2, 0.25) is 0 Å². The molecule has 0 aromatic carbocycles. The monoisotopic (exact) mass is 250 g/mol. The van der Waals surface area contributed by atoms with Gasteiger partial charge in [0, 0.05) is 18.8 Å². The lowest BCUT2D eigenvalue weighted by atomic mass is 9.95. The van der Waals surface area contributed by atoms with Crippen molar-refractivity contribution in [3.63, 3.8) is 0 Å². The number of hydrogen-bond acceptors (Lipinski definition) is 3. The molecule has 18 heavy (non-hydrogen) atoms. The maximum Gasteiger partial charge on any atom is 0.255 e. The maximum atomic E-state index is 12.3. The molecule has 1 aliphatic rings. The van der Waals surface area contributed by atoms with Crippen LogP contribution in [-0.2, 0) is 7.05 Å². The third-order valence-corrected chi connectivity index (χ3v) is 3.84. The highest BCUT2D eigenvalue weighted by Gasteiger charge is 2.25. The number of nitrogens with one attached hydrogen (secondary N) is 2. The van der Waals surface area contributed by atoms with E-state index >= 15 is 0 Å². The van der Waals surface area contributed by atoms with Crippen LogP contribution in [0.1, 0.15) is 35.1 Å². The fourth-order valence-corrected chi connectivity index (χ4v) is 2.57. The molecular weight excluding hydrogens is 228 g/mol. The second kappa shape index (κ2) is 5.10. The molecule has 1 saturated heterocycles. The molecule has 1 amide bonds. The SMILES string of the molecule is Cc1nn(C)c(C)c1C(=O)NC1CCNCC1C. The zero-order chi connectivity index (χ0) is 13.3. The number of carbonyl (C=O) groups excluding carboxylic acids is 1. The van der Waals surface area contributed by atoms with E-state index in [1.807, 2.05) is 20.9 Å². The van der Waals surface area contributed by atoms with Crippen LogP contribution in [0.15, 0.2) is 0 Å². The molecular formula is C13H22N4O. The van der Waals surface area contributed by atoms with Gasteiger partial charge in [-0.25, -0.2) is 0 Å². The molecule has 1 aliphatic heterocycles. The number of hydrogen-bond donors (Lipinski definition) is 2. The van der Waals surface area contributed by atoms with Crippen LogP contribution in [0.4, 0.5) is 0 Å². The Bertz CT molecular complexity index is 452. The number of nitrogens with zero attached hydrogens (tertiary/aromatic N) is 2. The summed E-state index contributed by atoms with van der Waals surface area (Å²) in [5, 5.41) is 10.8. The Balaban J connectivity index is 2.12. The number of carbonyl (C=O) groups is 1. The largest absolute Gasteiger partial charge is 0.349 e. The van der Waals surface area contributed by atoms with Gasteiger partial charge in [-0.2, -0.15) is 5.10 Å². The average Bonchev–Trinajstić information content (AvgIpc) is 2.56. The van der Waals surface area contributed by atoms with Crippen LogP contribution in [0.25, 0.3) is 0 Å². The van der Waals surface area contributed by atoms with E-state index in [0.717, 1.165) is 36.5 Å². The van der Waals surface area contributed by atoms with Gasteiger partial charge in [0.15, 0.2) is 0 Å². The Morgan fingerprint density at radius 1 is 1.50 bits per heavy atom. The van der Waals surface area contributed by atoms with Crippen molar-refractivity contribution in [1.29, 1.82) is 0 Å². The Hall–Kier alpha value is -1.36. The summed E-state index contributed by atoms with van der Waals surface area (Å²) < 4.78 is 1.76. The minimum atomic E-state index is 0.0110. The average molecular weight is 250 g/mol. The first-order chi connectivity index (χ1) is 8.50. The van der Waals surface area contributed by atoms with Gasteiger partial charge < -0.3 is 10.6 Å². The highest BCUT2D eigenvalue weighted by Crippen LogP contribution is 2.15. The summed E-state index contributed by atoms with van der Waals surface area (Å²) in [6.45, 7) is 7.92. The van der Waals surface area contributed by atoms with Crippen LogP contribution in [0.3, 0.4) is 0 Å². The zero-order valence-corrected chi connectivity index (χ0v) is 11.6. The molecule has 0 spiro atoms. The molecule has 0 bridgehead atoms. The second-order valence-corrected chi connectivity index (χ2v) is 5.22. The number of rotatable bonds is 2.